The molecule has 7 nitrogen and oxygen atoms in total. The maximum absolute atomic E-state index is 15.1. The zero-order valence-electron chi connectivity index (χ0n) is 17.5. The number of hydrogen-bond donors (Lipinski definition) is 3. The minimum atomic E-state index is -4.58. The van der Waals surface area contributed by atoms with Gasteiger partial charge in [-0.25, -0.2) is 9.38 Å². The zero-order valence-corrected chi connectivity index (χ0v) is 17.5. The molecule has 11 heteroatoms. The van der Waals surface area contributed by atoms with Crippen molar-refractivity contribution in [2.45, 2.75) is 68.7 Å². The Morgan fingerprint density at radius 1 is 1.23 bits per heavy atom. The second kappa shape index (κ2) is 8.42. The number of likely N-dealkylation sites (tertiary alicyclic amines) is 1. The number of hydrogen-bond acceptors (Lipinski definition) is 6. The van der Waals surface area contributed by atoms with Crippen LogP contribution in [0.3, 0.4) is 0 Å². The normalized spacial score (nSPS) is 31.0. The van der Waals surface area contributed by atoms with Crippen LogP contribution in [0.5, 0.6) is 0 Å². The van der Waals surface area contributed by atoms with E-state index < -0.39 is 29.7 Å². The van der Waals surface area contributed by atoms with Crippen molar-refractivity contribution >= 4 is 6.21 Å². The van der Waals surface area contributed by atoms with Gasteiger partial charge in [-0.2, -0.15) is 18.3 Å². The molecule has 2 fully saturated rings. The molecule has 31 heavy (non-hydrogen) atoms. The summed E-state index contributed by atoms with van der Waals surface area (Å²) < 4.78 is 56.1. The molecule has 1 aliphatic carbocycles. The number of rotatable bonds is 4. The summed E-state index contributed by atoms with van der Waals surface area (Å²) >= 11 is 0. The van der Waals surface area contributed by atoms with Crippen LogP contribution in [0.2, 0.25) is 0 Å². The van der Waals surface area contributed by atoms with E-state index in [0.29, 0.717) is 30.8 Å². The molecule has 1 aromatic rings. The molecule has 4 N–H and O–H groups in total. The first-order valence-corrected chi connectivity index (χ1v) is 10.8. The smallest absolute Gasteiger partial charge is 0.374 e. The minimum Gasteiger partial charge on any atom is -0.374 e. The molecule has 3 heterocycles. The van der Waals surface area contributed by atoms with Gasteiger partial charge in [0.25, 0.3) is 0 Å². The second-order valence-electron chi connectivity index (χ2n) is 8.55. The van der Waals surface area contributed by atoms with Crippen LogP contribution in [-0.4, -0.2) is 59.4 Å². The van der Waals surface area contributed by atoms with Crippen molar-refractivity contribution in [3.63, 3.8) is 0 Å². The molecule has 0 bridgehead atoms. The SMILES string of the molecule is CNC1=C(C(F)(F)F)C=NC(N)(c2cnn([C@@H]3CCN(C4CCCCC4)C[C@H]3F)c2)N1. The Morgan fingerprint density at radius 3 is 2.61 bits per heavy atom. The van der Waals surface area contributed by atoms with Gasteiger partial charge in [0.1, 0.15) is 17.6 Å². The van der Waals surface area contributed by atoms with Crippen LogP contribution in [0, 0.1) is 0 Å². The summed E-state index contributed by atoms with van der Waals surface area (Å²) in [6, 6.07) is 0.0265. The van der Waals surface area contributed by atoms with E-state index in [4.69, 9.17) is 5.73 Å². The third-order valence-electron chi connectivity index (χ3n) is 6.55. The van der Waals surface area contributed by atoms with Crippen molar-refractivity contribution in [3.8, 4) is 0 Å². The summed E-state index contributed by atoms with van der Waals surface area (Å²) in [5.41, 5.74) is 5.66. The lowest BCUT2D eigenvalue weighted by Crippen LogP contribution is -2.53. The van der Waals surface area contributed by atoms with Crippen LogP contribution < -0.4 is 16.4 Å². The summed E-state index contributed by atoms with van der Waals surface area (Å²) in [5.74, 6) is -1.90. The van der Waals surface area contributed by atoms with Gasteiger partial charge in [0.05, 0.1) is 17.8 Å². The molecule has 0 radical (unpaired) electrons. The first-order valence-electron chi connectivity index (χ1n) is 10.8. The van der Waals surface area contributed by atoms with Crippen LogP contribution in [0.25, 0.3) is 0 Å². The van der Waals surface area contributed by atoms with Gasteiger partial charge in [-0.1, -0.05) is 19.3 Å². The molecule has 0 aromatic carbocycles. The monoisotopic (exact) mass is 443 g/mol. The van der Waals surface area contributed by atoms with E-state index >= 15 is 4.39 Å². The molecule has 0 spiro atoms. The number of nitrogens with one attached hydrogen (secondary N) is 2. The van der Waals surface area contributed by atoms with E-state index in [-0.39, 0.29) is 5.82 Å². The second-order valence-corrected chi connectivity index (χ2v) is 8.55. The summed E-state index contributed by atoms with van der Waals surface area (Å²) in [6.45, 7) is 1.17. The quantitative estimate of drug-likeness (QED) is 0.623. The van der Waals surface area contributed by atoms with Gasteiger partial charge >= 0.3 is 6.18 Å². The van der Waals surface area contributed by atoms with Crippen LogP contribution >= 0.6 is 0 Å². The summed E-state index contributed by atoms with van der Waals surface area (Å²) in [4.78, 5) is 6.15. The van der Waals surface area contributed by atoms with Gasteiger partial charge < -0.3 is 10.6 Å². The highest BCUT2D eigenvalue weighted by Gasteiger charge is 2.42. The van der Waals surface area contributed by atoms with E-state index in [2.05, 4.69) is 25.6 Å². The van der Waals surface area contributed by atoms with Crippen molar-refractivity contribution in [2.75, 3.05) is 20.1 Å². The van der Waals surface area contributed by atoms with Gasteiger partial charge in [-0.15, -0.1) is 0 Å². The summed E-state index contributed by atoms with van der Waals surface area (Å²) in [5, 5.41) is 9.36. The fourth-order valence-corrected chi connectivity index (χ4v) is 4.79. The number of allylic oxidation sites excluding steroid dienone is 1. The van der Waals surface area contributed by atoms with E-state index in [9.17, 15) is 13.2 Å². The zero-order chi connectivity index (χ0) is 22.2. The van der Waals surface area contributed by atoms with Gasteiger partial charge in [-0.3, -0.25) is 15.3 Å². The molecule has 1 aromatic heterocycles. The van der Waals surface area contributed by atoms with Crippen molar-refractivity contribution in [2.24, 2.45) is 10.7 Å². The van der Waals surface area contributed by atoms with Gasteiger partial charge in [-0.05, 0) is 19.3 Å². The molecule has 2 aliphatic heterocycles. The Bertz CT molecular complexity index is 843. The Balaban J connectivity index is 1.46. The number of aliphatic imine (C=N–C) groups is 1. The maximum atomic E-state index is 15.1. The van der Waals surface area contributed by atoms with Gasteiger partial charge in [0.2, 0.25) is 5.79 Å². The molecule has 4 rings (SSSR count). The Morgan fingerprint density at radius 2 is 1.97 bits per heavy atom. The van der Waals surface area contributed by atoms with E-state index in [1.54, 1.807) is 6.20 Å². The minimum absolute atomic E-state index is 0.276. The fourth-order valence-electron chi connectivity index (χ4n) is 4.79. The summed E-state index contributed by atoms with van der Waals surface area (Å²) in [7, 11) is 1.37. The largest absolute Gasteiger partial charge is 0.421 e. The molecular formula is C20H29F4N7. The van der Waals surface area contributed by atoms with Gasteiger partial charge in [0, 0.05) is 38.6 Å². The third-order valence-corrected chi connectivity index (χ3v) is 6.55. The van der Waals surface area contributed by atoms with Crippen LogP contribution in [-0.2, 0) is 5.79 Å². The fraction of sp³-hybridized carbons (Fsp3) is 0.700. The molecule has 3 aliphatic rings. The molecule has 1 saturated carbocycles. The number of alkyl halides is 4. The standard InChI is InChI=1S/C20H29F4N7/c1-26-18-15(19(22,23)24)10-27-20(25,29-18)13-9-28-31(11-13)17-7-8-30(12-16(17)21)14-5-3-2-4-6-14/h9-11,14,16-17,26,29H,2-8,12,25H2,1H3/t16-,17-,20?/m1/s1. The van der Waals surface area contributed by atoms with E-state index in [0.717, 1.165) is 19.4 Å². The number of nitrogens with two attached hydrogens (primary N) is 1. The average molecular weight is 443 g/mol. The van der Waals surface area contributed by atoms with Crippen LogP contribution in [0.1, 0.15) is 50.1 Å². The molecule has 1 saturated heterocycles. The Labute approximate surface area is 178 Å². The Kier molecular flexibility index (Phi) is 5.99. The number of nitrogens with zero attached hydrogens (tertiary/aromatic N) is 4. The predicted molar refractivity (Wildman–Crippen MR) is 109 cm³/mol. The number of piperidine rings is 1. The highest BCUT2D eigenvalue weighted by molar-refractivity contribution is 5.82. The first-order chi connectivity index (χ1) is 14.7. The van der Waals surface area contributed by atoms with Crippen molar-refractivity contribution < 1.29 is 17.6 Å². The maximum Gasteiger partial charge on any atom is 0.421 e. The number of halogens is 4. The highest BCUT2D eigenvalue weighted by atomic mass is 19.4. The topological polar surface area (TPSA) is 83.5 Å². The molecule has 0 amide bonds. The van der Waals surface area contributed by atoms with Crippen LogP contribution in [0.4, 0.5) is 17.6 Å². The lowest BCUT2D eigenvalue weighted by Gasteiger charge is -2.41. The highest BCUT2D eigenvalue weighted by Crippen LogP contribution is 2.33. The van der Waals surface area contributed by atoms with E-state index in [1.807, 2.05) is 0 Å². The van der Waals surface area contributed by atoms with Crippen molar-refractivity contribution in [1.82, 2.24) is 25.3 Å². The van der Waals surface area contributed by atoms with Gasteiger partial charge in [0.15, 0.2) is 0 Å². The molecular weight excluding hydrogens is 414 g/mol. The van der Waals surface area contributed by atoms with Crippen molar-refractivity contribution in [3.05, 3.63) is 29.4 Å². The van der Waals surface area contributed by atoms with E-state index in [1.165, 1.54) is 37.2 Å². The molecule has 1 unspecified atom stereocenters. The first kappa shape index (κ1) is 22.1. The summed E-state index contributed by atoms with van der Waals surface area (Å²) in [6.07, 6.45) is 4.60. The molecule has 3 atom stereocenters. The lowest BCUT2D eigenvalue weighted by molar-refractivity contribution is -0.0875. The van der Waals surface area contributed by atoms with Crippen molar-refractivity contribution in [1.29, 1.82) is 0 Å². The molecule has 172 valence electrons. The lowest BCUT2D eigenvalue weighted by atomic mass is 9.91. The number of aromatic nitrogens is 2. The average Bonchev–Trinajstić information content (AvgIpc) is 3.24. The predicted octanol–water partition coefficient (Wildman–Crippen LogP) is 2.54. The Hall–Kier alpha value is -2.14. The van der Waals surface area contributed by atoms with Crippen LogP contribution in [0.15, 0.2) is 28.8 Å². The third kappa shape index (κ3) is 4.43.